The Kier molecular flexibility index (Phi) is 5.70. The molecule has 1 amide bonds. The Balaban J connectivity index is 1.93. The SMILES string of the molecule is CCCn1c(C)c(CC(=O)N(C)[C@@H](C)c2nc(C)no2)c2c1CC(C)(C)CC2=O. The first-order chi connectivity index (χ1) is 13.6. The van der Waals surface area contributed by atoms with Crippen LogP contribution in [0.5, 0.6) is 0 Å². The van der Waals surface area contributed by atoms with Crippen LogP contribution in [-0.4, -0.2) is 38.3 Å². The van der Waals surface area contributed by atoms with E-state index in [4.69, 9.17) is 4.52 Å². The van der Waals surface area contributed by atoms with Crippen LogP contribution in [0, 0.1) is 19.3 Å². The van der Waals surface area contributed by atoms with E-state index >= 15 is 0 Å². The van der Waals surface area contributed by atoms with Crippen molar-refractivity contribution in [1.29, 1.82) is 0 Å². The first-order valence-corrected chi connectivity index (χ1v) is 10.4. The summed E-state index contributed by atoms with van der Waals surface area (Å²) < 4.78 is 7.48. The number of hydrogen-bond donors (Lipinski definition) is 0. The normalized spacial score (nSPS) is 16.6. The first-order valence-electron chi connectivity index (χ1n) is 10.4. The fourth-order valence-electron chi connectivity index (χ4n) is 4.29. The van der Waals surface area contributed by atoms with Crippen LogP contribution in [0.15, 0.2) is 4.52 Å². The molecule has 3 rings (SSSR count). The number of likely N-dealkylation sites (N-methyl/N-ethyl adjacent to an activating group) is 1. The van der Waals surface area contributed by atoms with Crippen LogP contribution < -0.4 is 0 Å². The zero-order chi connectivity index (χ0) is 21.5. The molecule has 0 saturated heterocycles. The van der Waals surface area contributed by atoms with Gasteiger partial charge >= 0.3 is 0 Å². The highest BCUT2D eigenvalue weighted by Gasteiger charge is 2.37. The Morgan fingerprint density at radius 3 is 2.59 bits per heavy atom. The monoisotopic (exact) mass is 400 g/mol. The Hall–Kier alpha value is -2.44. The Morgan fingerprint density at radius 1 is 1.31 bits per heavy atom. The minimum absolute atomic E-state index is 0.0528. The summed E-state index contributed by atoms with van der Waals surface area (Å²) in [7, 11) is 1.74. The molecule has 1 aliphatic carbocycles. The number of hydrogen-bond acceptors (Lipinski definition) is 5. The lowest BCUT2D eigenvalue weighted by Gasteiger charge is -2.30. The molecule has 0 aliphatic heterocycles. The van der Waals surface area contributed by atoms with Gasteiger partial charge in [0.25, 0.3) is 0 Å². The summed E-state index contributed by atoms with van der Waals surface area (Å²) in [5.74, 6) is 1.05. The molecule has 0 radical (unpaired) electrons. The number of aromatic nitrogens is 3. The number of rotatable bonds is 6. The van der Waals surface area contributed by atoms with Crippen molar-refractivity contribution in [1.82, 2.24) is 19.6 Å². The van der Waals surface area contributed by atoms with Crippen LogP contribution in [0.4, 0.5) is 0 Å². The van der Waals surface area contributed by atoms with E-state index in [0.29, 0.717) is 18.1 Å². The second-order valence-electron chi connectivity index (χ2n) is 9.02. The van der Waals surface area contributed by atoms with Crippen LogP contribution >= 0.6 is 0 Å². The summed E-state index contributed by atoms with van der Waals surface area (Å²) in [6.07, 6.45) is 2.56. The van der Waals surface area contributed by atoms with Gasteiger partial charge in [-0.05, 0) is 44.6 Å². The molecule has 1 atom stereocenters. The Labute approximate surface area is 172 Å². The van der Waals surface area contributed by atoms with Crippen molar-refractivity contribution in [3.8, 4) is 0 Å². The third-order valence-electron chi connectivity index (χ3n) is 5.97. The largest absolute Gasteiger partial charge is 0.348 e. The smallest absolute Gasteiger partial charge is 0.249 e. The fraction of sp³-hybridized carbons (Fsp3) is 0.636. The quantitative estimate of drug-likeness (QED) is 0.736. The molecule has 0 unspecified atom stereocenters. The second-order valence-corrected chi connectivity index (χ2v) is 9.02. The number of fused-ring (bicyclic) bond motifs is 1. The summed E-state index contributed by atoms with van der Waals surface area (Å²) in [5.41, 5.74) is 3.73. The molecule has 0 N–H and O–H groups in total. The molecule has 0 saturated carbocycles. The summed E-state index contributed by atoms with van der Waals surface area (Å²) in [4.78, 5) is 32.0. The molecule has 0 aromatic carbocycles. The van der Waals surface area contributed by atoms with Gasteiger partial charge in [-0.15, -0.1) is 0 Å². The van der Waals surface area contributed by atoms with Gasteiger partial charge in [-0.2, -0.15) is 4.98 Å². The van der Waals surface area contributed by atoms with E-state index in [0.717, 1.165) is 41.9 Å². The van der Waals surface area contributed by atoms with Gasteiger partial charge in [-0.1, -0.05) is 25.9 Å². The van der Waals surface area contributed by atoms with E-state index in [1.54, 1.807) is 18.9 Å². The lowest BCUT2D eigenvalue weighted by atomic mass is 9.75. The van der Waals surface area contributed by atoms with Crippen LogP contribution in [0.1, 0.15) is 85.6 Å². The van der Waals surface area contributed by atoms with E-state index in [9.17, 15) is 9.59 Å². The van der Waals surface area contributed by atoms with Gasteiger partial charge in [0, 0.05) is 37.0 Å². The van der Waals surface area contributed by atoms with Crippen LogP contribution in [0.2, 0.25) is 0 Å². The fourth-order valence-corrected chi connectivity index (χ4v) is 4.29. The number of nitrogens with zero attached hydrogens (tertiary/aromatic N) is 4. The summed E-state index contributed by atoms with van der Waals surface area (Å²) in [5, 5.41) is 3.81. The zero-order valence-corrected chi connectivity index (χ0v) is 18.6. The van der Waals surface area contributed by atoms with Crippen LogP contribution in [0.3, 0.4) is 0 Å². The molecule has 158 valence electrons. The number of amides is 1. The minimum Gasteiger partial charge on any atom is -0.348 e. The minimum atomic E-state index is -0.327. The van der Waals surface area contributed by atoms with Gasteiger partial charge in [0.1, 0.15) is 6.04 Å². The number of carbonyl (C=O) groups excluding carboxylic acids is 2. The molecular weight excluding hydrogens is 368 g/mol. The van der Waals surface area contributed by atoms with Crippen molar-refractivity contribution >= 4 is 11.7 Å². The lowest BCUT2D eigenvalue weighted by Crippen LogP contribution is -2.32. The molecule has 29 heavy (non-hydrogen) atoms. The van der Waals surface area contributed by atoms with Crippen molar-refractivity contribution in [2.75, 3.05) is 7.05 Å². The number of aryl methyl sites for hydroxylation is 1. The third-order valence-corrected chi connectivity index (χ3v) is 5.97. The van der Waals surface area contributed by atoms with Gasteiger partial charge in [-0.3, -0.25) is 9.59 Å². The van der Waals surface area contributed by atoms with E-state index in [1.807, 2.05) is 13.8 Å². The van der Waals surface area contributed by atoms with Gasteiger partial charge in [0.15, 0.2) is 11.6 Å². The Bertz CT molecular complexity index is 938. The highest BCUT2D eigenvalue weighted by atomic mass is 16.5. The molecular formula is C22H32N4O3. The maximum Gasteiger partial charge on any atom is 0.249 e. The lowest BCUT2D eigenvalue weighted by molar-refractivity contribution is -0.131. The molecule has 2 aromatic rings. The zero-order valence-electron chi connectivity index (χ0n) is 18.6. The highest BCUT2D eigenvalue weighted by Crippen LogP contribution is 2.39. The van der Waals surface area contributed by atoms with E-state index in [2.05, 4.69) is 35.5 Å². The molecule has 7 nitrogen and oxygen atoms in total. The predicted molar refractivity (Wildman–Crippen MR) is 110 cm³/mol. The maximum absolute atomic E-state index is 13.1. The summed E-state index contributed by atoms with van der Waals surface area (Å²) >= 11 is 0. The first kappa shape index (κ1) is 21.3. The standard InChI is InChI=1S/C22H32N4O3/c1-8-9-26-13(2)16(20-17(26)11-22(5,6)12-18(20)27)10-19(28)25(7)14(3)21-23-15(4)24-29-21/h14H,8-12H2,1-7H3/t14-/m0/s1. The van der Waals surface area contributed by atoms with Crippen molar-refractivity contribution in [3.05, 3.63) is 34.2 Å². The van der Waals surface area contributed by atoms with Crippen LogP contribution in [0.25, 0.3) is 0 Å². The van der Waals surface area contributed by atoms with E-state index < -0.39 is 0 Å². The predicted octanol–water partition coefficient (Wildman–Crippen LogP) is 3.82. The van der Waals surface area contributed by atoms with Gasteiger partial charge in [-0.25, -0.2) is 0 Å². The number of ketones is 1. The summed E-state index contributed by atoms with van der Waals surface area (Å²) in [6, 6.07) is -0.327. The molecule has 0 spiro atoms. The molecule has 0 fully saturated rings. The second kappa shape index (κ2) is 7.76. The topological polar surface area (TPSA) is 81.2 Å². The van der Waals surface area contributed by atoms with Crippen LogP contribution in [-0.2, 0) is 24.2 Å². The van der Waals surface area contributed by atoms with E-state index in [-0.39, 0.29) is 29.6 Å². The maximum atomic E-state index is 13.1. The average Bonchev–Trinajstić information content (AvgIpc) is 3.17. The van der Waals surface area contributed by atoms with Crippen molar-refractivity contribution in [2.24, 2.45) is 5.41 Å². The third kappa shape index (κ3) is 4.00. The molecule has 0 bridgehead atoms. The average molecular weight is 401 g/mol. The Morgan fingerprint density at radius 2 is 2.00 bits per heavy atom. The van der Waals surface area contributed by atoms with Crippen molar-refractivity contribution in [3.63, 3.8) is 0 Å². The number of carbonyl (C=O) groups is 2. The van der Waals surface area contributed by atoms with Crippen molar-refractivity contribution < 1.29 is 14.1 Å². The summed E-state index contributed by atoms with van der Waals surface area (Å²) in [6.45, 7) is 12.9. The number of Topliss-reactive ketones (excluding diaryl/α,β-unsaturated/α-hetero) is 1. The highest BCUT2D eigenvalue weighted by molar-refractivity contribution is 6.01. The van der Waals surface area contributed by atoms with Gasteiger partial charge in [0.2, 0.25) is 11.8 Å². The molecule has 2 aromatic heterocycles. The van der Waals surface area contributed by atoms with Gasteiger partial charge < -0.3 is 14.0 Å². The van der Waals surface area contributed by atoms with Crippen molar-refractivity contribution in [2.45, 2.75) is 79.8 Å². The van der Waals surface area contributed by atoms with Gasteiger partial charge in [0.05, 0.1) is 6.42 Å². The molecule has 7 heteroatoms. The van der Waals surface area contributed by atoms with E-state index in [1.165, 1.54) is 0 Å². The molecule has 2 heterocycles. The molecule has 1 aliphatic rings.